The zero-order valence-corrected chi connectivity index (χ0v) is 14.2. The Bertz CT molecular complexity index is 922. The van der Waals surface area contributed by atoms with Crippen LogP contribution in [-0.2, 0) is 9.53 Å². The Hall–Kier alpha value is -3.30. The summed E-state index contributed by atoms with van der Waals surface area (Å²) in [5.41, 5.74) is 0.465. The number of nitrogens with zero attached hydrogens (tertiary/aromatic N) is 1. The lowest BCUT2D eigenvalue weighted by molar-refractivity contribution is -0.132. The van der Waals surface area contributed by atoms with Crippen molar-refractivity contribution in [3.05, 3.63) is 48.0 Å². The van der Waals surface area contributed by atoms with E-state index in [9.17, 15) is 32.3 Å². The average molecular weight is 398 g/mol. The normalized spacial score (nSPS) is 16.4. The maximum absolute atomic E-state index is 14.5. The van der Waals surface area contributed by atoms with Crippen molar-refractivity contribution in [1.82, 2.24) is 5.32 Å². The van der Waals surface area contributed by atoms with Crippen LogP contribution in [0.25, 0.3) is 11.1 Å². The molecule has 0 aliphatic carbocycles. The van der Waals surface area contributed by atoms with Gasteiger partial charge in [0.1, 0.15) is 11.9 Å². The number of halogens is 4. The number of nitrogens with one attached hydrogen (secondary N) is 1. The number of anilines is 1. The van der Waals surface area contributed by atoms with Gasteiger partial charge < -0.3 is 15.2 Å². The summed E-state index contributed by atoms with van der Waals surface area (Å²) in [4.78, 5) is 23.9. The van der Waals surface area contributed by atoms with Crippen LogP contribution < -0.4 is 10.2 Å². The second-order valence-electron chi connectivity index (χ2n) is 5.99. The quantitative estimate of drug-likeness (QED) is 0.759. The highest BCUT2D eigenvalue weighted by Crippen LogP contribution is 2.31. The van der Waals surface area contributed by atoms with Crippen molar-refractivity contribution in [3.63, 3.8) is 0 Å². The molecule has 0 spiro atoms. The summed E-state index contributed by atoms with van der Waals surface area (Å²) in [6.07, 6.45) is -4.87. The van der Waals surface area contributed by atoms with E-state index < -0.39 is 41.9 Å². The predicted molar refractivity (Wildman–Crippen MR) is 90.1 cm³/mol. The molecule has 1 atom stereocenters. The zero-order chi connectivity index (χ0) is 20.4. The highest BCUT2D eigenvalue weighted by molar-refractivity contribution is 5.90. The third-order valence-corrected chi connectivity index (χ3v) is 4.10. The maximum atomic E-state index is 14.5. The molecule has 148 valence electrons. The summed E-state index contributed by atoms with van der Waals surface area (Å²) in [7, 11) is 0. The number of phenolic OH excluding ortho intramolecular Hbond substituents is 1. The highest BCUT2D eigenvalue weighted by atomic mass is 19.3. The summed E-state index contributed by atoms with van der Waals surface area (Å²) in [6.45, 7) is -0.376. The number of hydrogen-bond acceptors (Lipinski definition) is 4. The van der Waals surface area contributed by atoms with Crippen LogP contribution in [0.1, 0.15) is 0 Å². The lowest BCUT2D eigenvalue weighted by atomic mass is 10.0. The molecule has 0 bridgehead atoms. The number of phenols is 1. The van der Waals surface area contributed by atoms with Crippen LogP contribution >= 0.6 is 0 Å². The molecule has 2 aromatic carbocycles. The van der Waals surface area contributed by atoms with Crippen molar-refractivity contribution in [2.45, 2.75) is 12.5 Å². The molecule has 10 heteroatoms. The molecule has 6 nitrogen and oxygen atoms in total. The maximum Gasteiger partial charge on any atom is 0.414 e. The first kappa shape index (κ1) is 19.5. The fraction of sp³-hybridized carbons (Fsp3) is 0.222. The standard InChI is InChI=1S/C18H14F4N2O4/c19-13-4-1-9(5-15(13)25)12-3-2-10(6-14(12)20)24-8-11(28-18(24)27)7-23-17(26)16(21)22/h1-6,11,16,25H,7-8H2,(H,23,26)/t11-/m0/s1. The van der Waals surface area contributed by atoms with Crippen LogP contribution in [0.4, 0.5) is 28.0 Å². The van der Waals surface area contributed by atoms with Crippen molar-refractivity contribution < 1.29 is 37.0 Å². The smallest absolute Gasteiger partial charge is 0.414 e. The molecular weight excluding hydrogens is 384 g/mol. The van der Waals surface area contributed by atoms with Crippen molar-refractivity contribution in [2.24, 2.45) is 0 Å². The molecule has 0 aromatic heterocycles. The van der Waals surface area contributed by atoms with Crippen molar-refractivity contribution in [2.75, 3.05) is 18.0 Å². The van der Waals surface area contributed by atoms with Crippen LogP contribution in [0.5, 0.6) is 5.75 Å². The third-order valence-electron chi connectivity index (χ3n) is 4.10. The third kappa shape index (κ3) is 4.00. The van der Waals surface area contributed by atoms with Gasteiger partial charge in [-0.25, -0.2) is 13.6 Å². The summed E-state index contributed by atoms with van der Waals surface area (Å²) in [6, 6.07) is 7.17. The van der Waals surface area contributed by atoms with E-state index >= 15 is 0 Å². The van der Waals surface area contributed by atoms with E-state index in [0.717, 1.165) is 23.1 Å². The lowest BCUT2D eigenvalue weighted by Gasteiger charge is -2.15. The number of hydrogen-bond donors (Lipinski definition) is 2. The Balaban J connectivity index is 1.73. The topological polar surface area (TPSA) is 78.9 Å². The van der Waals surface area contributed by atoms with Gasteiger partial charge in [-0.1, -0.05) is 6.07 Å². The molecule has 0 unspecified atom stereocenters. The molecule has 2 amide bonds. The lowest BCUT2D eigenvalue weighted by Crippen LogP contribution is -2.37. The first-order valence-electron chi connectivity index (χ1n) is 8.08. The van der Waals surface area contributed by atoms with Gasteiger partial charge in [-0.2, -0.15) is 8.78 Å². The number of aromatic hydroxyl groups is 1. The minimum atomic E-state index is -3.18. The number of benzene rings is 2. The van der Waals surface area contributed by atoms with Gasteiger partial charge in [0.05, 0.1) is 18.8 Å². The molecule has 0 saturated carbocycles. The van der Waals surface area contributed by atoms with E-state index in [2.05, 4.69) is 0 Å². The van der Waals surface area contributed by atoms with Crippen LogP contribution in [0.2, 0.25) is 0 Å². The van der Waals surface area contributed by atoms with Gasteiger partial charge in [0.2, 0.25) is 0 Å². The largest absolute Gasteiger partial charge is 0.505 e. The molecular formula is C18H14F4N2O4. The Kier molecular flexibility index (Phi) is 5.39. The van der Waals surface area contributed by atoms with Crippen LogP contribution in [0.15, 0.2) is 36.4 Å². The minimum absolute atomic E-state index is 0.0710. The first-order valence-corrected chi connectivity index (χ1v) is 8.08. The number of rotatable bonds is 5. The Labute approximate surface area is 156 Å². The van der Waals surface area contributed by atoms with E-state index in [4.69, 9.17) is 4.74 Å². The number of carbonyl (C=O) groups is 2. The summed E-state index contributed by atoms with van der Waals surface area (Å²) < 4.78 is 57.0. The zero-order valence-electron chi connectivity index (χ0n) is 14.2. The van der Waals surface area contributed by atoms with Gasteiger partial charge in [0, 0.05) is 5.56 Å². The van der Waals surface area contributed by atoms with Gasteiger partial charge in [-0.3, -0.25) is 9.69 Å². The second kappa shape index (κ2) is 7.75. The number of carbonyl (C=O) groups excluding carboxylic acids is 2. The summed E-state index contributed by atoms with van der Waals surface area (Å²) >= 11 is 0. The second-order valence-corrected chi connectivity index (χ2v) is 5.99. The van der Waals surface area contributed by atoms with E-state index in [1.165, 1.54) is 18.2 Å². The predicted octanol–water partition coefficient (Wildman–Crippen LogP) is 3.04. The van der Waals surface area contributed by atoms with Gasteiger partial charge >= 0.3 is 12.5 Å². The van der Waals surface area contributed by atoms with Crippen LogP contribution in [0.3, 0.4) is 0 Å². The van der Waals surface area contributed by atoms with Crippen LogP contribution in [0, 0.1) is 11.6 Å². The molecule has 1 aliphatic heterocycles. The van der Waals surface area contributed by atoms with Crippen molar-refractivity contribution >= 4 is 17.7 Å². The van der Waals surface area contributed by atoms with Gasteiger partial charge in [-0.15, -0.1) is 0 Å². The Morgan fingerprint density at radius 3 is 2.61 bits per heavy atom. The molecule has 1 aliphatic rings. The van der Waals surface area contributed by atoms with Crippen molar-refractivity contribution in [3.8, 4) is 16.9 Å². The Morgan fingerprint density at radius 1 is 1.21 bits per heavy atom. The van der Waals surface area contributed by atoms with Crippen molar-refractivity contribution in [1.29, 1.82) is 0 Å². The van der Waals surface area contributed by atoms with Gasteiger partial charge in [0.15, 0.2) is 11.6 Å². The van der Waals surface area contributed by atoms with Gasteiger partial charge in [-0.05, 0) is 35.9 Å². The minimum Gasteiger partial charge on any atom is -0.505 e. The molecule has 2 N–H and O–H groups in total. The van der Waals surface area contributed by atoms with E-state index in [1.54, 1.807) is 0 Å². The number of ether oxygens (including phenoxy) is 1. The molecule has 0 radical (unpaired) electrons. The summed E-state index contributed by atoms with van der Waals surface area (Å²) in [5.74, 6) is -3.68. The van der Waals surface area contributed by atoms with E-state index in [-0.39, 0.29) is 29.9 Å². The first-order chi connectivity index (χ1) is 13.3. The van der Waals surface area contributed by atoms with E-state index in [0.29, 0.717) is 0 Å². The molecule has 2 aromatic rings. The summed E-state index contributed by atoms with van der Waals surface area (Å²) in [5, 5.41) is 11.4. The van der Waals surface area contributed by atoms with Gasteiger partial charge in [0.25, 0.3) is 5.91 Å². The van der Waals surface area contributed by atoms with E-state index in [1.807, 2.05) is 5.32 Å². The molecule has 3 rings (SSSR count). The monoisotopic (exact) mass is 398 g/mol. The SMILES string of the molecule is O=C(NC[C@H]1CN(c2ccc(-c3ccc(F)c(O)c3)c(F)c2)C(=O)O1)C(F)F. The molecule has 1 heterocycles. The molecule has 1 saturated heterocycles. The number of alkyl halides is 2. The fourth-order valence-electron chi connectivity index (χ4n) is 2.72. The average Bonchev–Trinajstić information content (AvgIpc) is 3.02. The molecule has 28 heavy (non-hydrogen) atoms. The van der Waals surface area contributed by atoms with Crippen LogP contribution in [-0.4, -0.2) is 42.7 Å². The number of amides is 2. The Morgan fingerprint density at radius 2 is 1.96 bits per heavy atom. The fourth-order valence-corrected chi connectivity index (χ4v) is 2.72. The number of cyclic esters (lactones) is 1. The molecule has 1 fully saturated rings. The highest BCUT2D eigenvalue weighted by Gasteiger charge is 2.33.